The van der Waals surface area contributed by atoms with Crippen molar-refractivity contribution in [2.24, 2.45) is 11.8 Å². The molecule has 4 rings (SSSR count). The van der Waals surface area contributed by atoms with Crippen LogP contribution in [0.4, 0.5) is 0 Å². The van der Waals surface area contributed by atoms with E-state index in [0.29, 0.717) is 31.0 Å². The molecule has 1 aliphatic carbocycles. The molecule has 23 heavy (non-hydrogen) atoms. The number of nitrogens with zero attached hydrogens (tertiary/aromatic N) is 1. The van der Waals surface area contributed by atoms with Gasteiger partial charge in [0.05, 0.1) is 13.2 Å². The SMILES string of the molecule is O=C(C1CC1c1ccc(Br)cc1)N1CCCC(C2OCCO2)C1. The zero-order chi connectivity index (χ0) is 15.8. The van der Waals surface area contributed by atoms with Gasteiger partial charge in [0.2, 0.25) is 5.91 Å². The zero-order valence-corrected chi connectivity index (χ0v) is 14.7. The van der Waals surface area contributed by atoms with Gasteiger partial charge in [-0.15, -0.1) is 0 Å². The minimum absolute atomic E-state index is 0.105. The number of benzene rings is 1. The number of piperidine rings is 1. The standard InChI is InChI=1S/C18H22BrNO3/c19-14-5-3-12(4-6-14)15-10-16(15)17(21)20-7-1-2-13(11-20)18-22-8-9-23-18/h3-6,13,15-16,18H,1-2,7-11H2. The summed E-state index contributed by atoms with van der Waals surface area (Å²) in [7, 11) is 0. The maximum Gasteiger partial charge on any atom is 0.226 e. The maximum absolute atomic E-state index is 12.8. The quantitative estimate of drug-likeness (QED) is 0.809. The van der Waals surface area contributed by atoms with Crippen LogP contribution in [0.2, 0.25) is 0 Å². The number of carbonyl (C=O) groups is 1. The van der Waals surface area contributed by atoms with Crippen LogP contribution in [-0.2, 0) is 14.3 Å². The van der Waals surface area contributed by atoms with E-state index in [1.54, 1.807) is 0 Å². The Morgan fingerprint density at radius 3 is 2.65 bits per heavy atom. The maximum atomic E-state index is 12.8. The summed E-state index contributed by atoms with van der Waals surface area (Å²) in [6, 6.07) is 8.37. The lowest BCUT2D eigenvalue weighted by molar-refractivity contribution is -0.140. The van der Waals surface area contributed by atoms with Gasteiger partial charge in [0.25, 0.3) is 0 Å². The van der Waals surface area contributed by atoms with Crippen molar-refractivity contribution in [3.05, 3.63) is 34.3 Å². The molecule has 3 unspecified atom stereocenters. The first kappa shape index (κ1) is 15.6. The van der Waals surface area contributed by atoms with Gasteiger partial charge < -0.3 is 14.4 Å². The molecule has 124 valence electrons. The lowest BCUT2D eigenvalue weighted by Crippen LogP contribution is -2.44. The molecule has 1 amide bonds. The van der Waals surface area contributed by atoms with E-state index in [1.807, 2.05) is 4.90 Å². The number of hydrogen-bond donors (Lipinski definition) is 0. The topological polar surface area (TPSA) is 38.8 Å². The van der Waals surface area contributed by atoms with Crippen molar-refractivity contribution in [1.29, 1.82) is 0 Å². The van der Waals surface area contributed by atoms with E-state index in [9.17, 15) is 4.79 Å². The monoisotopic (exact) mass is 379 g/mol. The first-order valence-electron chi connectivity index (χ1n) is 8.50. The molecule has 1 saturated carbocycles. The minimum Gasteiger partial charge on any atom is -0.350 e. The molecule has 3 atom stereocenters. The molecule has 2 saturated heterocycles. The average molecular weight is 380 g/mol. The fourth-order valence-electron chi connectivity index (χ4n) is 3.86. The van der Waals surface area contributed by atoms with E-state index in [-0.39, 0.29) is 12.2 Å². The molecule has 5 heteroatoms. The largest absolute Gasteiger partial charge is 0.350 e. The number of halogens is 1. The number of ether oxygens (including phenoxy) is 2. The molecule has 1 aromatic rings. The Hall–Kier alpha value is -0.910. The van der Waals surface area contributed by atoms with Gasteiger partial charge in [0.15, 0.2) is 6.29 Å². The number of carbonyl (C=O) groups excluding carboxylic acids is 1. The Balaban J connectivity index is 1.36. The van der Waals surface area contributed by atoms with Crippen molar-refractivity contribution in [3.8, 4) is 0 Å². The highest BCUT2D eigenvalue weighted by atomic mass is 79.9. The molecule has 0 spiro atoms. The highest BCUT2D eigenvalue weighted by Gasteiger charge is 2.46. The van der Waals surface area contributed by atoms with Crippen molar-refractivity contribution in [1.82, 2.24) is 4.90 Å². The summed E-state index contributed by atoms with van der Waals surface area (Å²) in [5.74, 6) is 1.22. The van der Waals surface area contributed by atoms with Crippen molar-refractivity contribution in [2.75, 3.05) is 26.3 Å². The molecule has 0 N–H and O–H groups in total. The van der Waals surface area contributed by atoms with Crippen LogP contribution in [0.1, 0.15) is 30.7 Å². The highest BCUT2D eigenvalue weighted by Crippen LogP contribution is 2.49. The third-order valence-corrected chi connectivity index (χ3v) is 5.74. The van der Waals surface area contributed by atoms with Crippen LogP contribution >= 0.6 is 15.9 Å². The summed E-state index contributed by atoms with van der Waals surface area (Å²) in [6.45, 7) is 3.03. The highest BCUT2D eigenvalue weighted by molar-refractivity contribution is 9.10. The van der Waals surface area contributed by atoms with E-state index in [2.05, 4.69) is 40.2 Å². The minimum atomic E-state index is -0.105. The van der Waals surface area contributed by atoms with Gasteiger partial charge in [-0.3, -0.25) is 4.79 Å². The lowest BCUT2D eigenvalue weighted by Gasteiger charge is -2.35. The van der Waals surface area contributed by atoms with Crippen molar-refractivity contribution < 1.29 is 14.3 Å². The van der Waals surface area contributed by atoms with Crippen LogP contribution in [0.5, 0.6) is 0 Å². The van der Waals surface area contributed by atoms with Crippen LogP contribution in [-0.4, -0.2) is 43.4 Å². The molecule has 0 aromatic heterocycles. The summed E-state index contributed by atoms with van der Waals surface area (Å²) in [5, 5.41) is 0. The molecule has 2 aliphatic heterocycles. The predicted molar refractivity (Wildman–Crippen MR) is 90.0 cm³/mol. The molecular formula is C18H22BrNO3. The number of likely N-dealkylation sites (tertiary alicyclic amines) is 1. The van der Waals surface area contributed by atoms with Crippen molar-refractivity contribution in [3.63, 3.8) is 0 Å². The van der Waals surface area contributed by atoms with Crippen LogP contribution in [0.15, 0.2) is 28.7 Å². The second kappa shape index (κ2) is 6.54. The summed E-state index contributed by atoms with van der Waals surface area (Å²) in [4.78, 5) is 14.9. The third-order valence-electron chi connectivity index (χ3n) is 5.21. The fraction of sp³-hybridized carbons (Fsp3) is 0.611. The molecular weight excluding hydrogens is 358 g/mol. The molecule has 4 nitrogen and oxygen atoms in total. The van der Waals surface area contributed by atoms with E-state index in [4.69, 9.17) is 9.47 Å². The molecule has 3 aliphatic rings. The third kappa shape index (κ3) is 3.32. The molecule has 1 aromatic carbocycles. The van der Waals surface area contributed by atoms with Gasteiger partial charge in [-0.1, -0.05) is 28.1 Å². The first-order chi connectivity index (χ1) is 11.2. The molecule has 0 bridgehead atoms. The molecule has 2 heterocycles. The van der Waals surface area contributed by atoms with Crippen LogP contribution in [0.25, 0.3) is 0 Å². The van der Waals surface area contributed by atoms with Gasteiger partial charge in [0, 0.05) is 29.4 Å². The van der Waals surface area contributed by atoms with Gasteiger partial charge in [-0.2, -0.15) is 0 Å². The van der Waals surface area contributed by atoms with Gasteiger partial charge in [0.1, 0.15) is 0 Å². The summed E-state index contributed by atoms with van der Waals surface area (Å²) in [6.07, 6.45) is 3.02. The second-order valence-corrected chi connectivity index (χ2v) is 7.71. The van der Waals surface area contributed by atoms with E-state index < -0.39 is 0 Å². The number of hydrogen-bond acceptors (Lipinski definition) is 3. The number of rotatable bonds is 3. The lowest BCUT2D eigenvalue weighted by atomic mass is 9.96. The smallest absolute Gasteiger partial charge is 0.226 e. The van der Waals surface area contributed by atoms with E-state index in [1.165, 1.54) is 5.56 Å². The summed E-state index contributed by atoms with van der Waals surface area (Å²) >= 11 is 3.46. The first-order valence-corrected chi connectivity index (χ1v) is 9.29. The van der Waals surface area contributed by atoms with Crippen LogP contribution in [0.3, 0.4) is 0 Å². The Morgan fingerprint density at radius 2 is 1.91 bits per heavy atom. The summed E-state index contributed by atoms with van der Waals surface area (Å²) < 4.78 is 12.4. The van der Waals surface area contributed by atoms with Crippen molar-refractivity contribution in [2.45, 2.75) is 31.5 Å². The Labute approximate surface area is 145 Å². The van der Waals surface area contributed by atoms with E-state index >= 15 is 0 Å². The second-order valence-electron chi connectivity index (χ2n) is 6.80. The van der Waals surface area contributed by atoms with Crippen LogP contribution < -0.4 is 0 Å². The molecule has 0 radical (unpaired) electrons. The Morgan fingerprint density at radius 1 is 1.17 bits per heavy atom. The van der Waals surface area contributed by atoms with E-state index in [0.717, 1.165) is 36.8 Å². The Kier molecular flexibility index (Phi) is 4.43. The number of amides is 1. The van der Waals surface area contributed by atoms with Gasteiger partial charge in [-0.25, -0.2) is 0 Å². The van der Waals surface area contributed by atoms with Gasteiger partial charge >= 0.3 is 0 Å². The van der Waals surface area contributed by atoms with Gasteiger partial charge in [-0.05, 0) is 42.9 Å². The predicted octanol–water partition coefficient (Wildman–Crippen LogP) is 3.16. The normalized spacial score (nSPS) is 31.3. The Bertz CT molecular complexity index is 570. The zero-order valence-electron chi connectivity index (χ0n) is 13.1. The fourth-order valence-corrected chi connectivity index (χ4v) is 4.13. The van der Waals surface area contributed by atoms with Crippen LogP contribution in [0, 0.1) is 11.8 Å². The average Bonchev–Trinajstić information content (AvgIpc) is 3.18. The summed E-state index contributed by atoms with van der Waals surface area (Å²) in [5.41, 5.74) is 1.28. The molecule has 3 fully saturated rings. The van der Waals surface area contributed by atoms with Crippen molar-refractivity contribution >= 4 is 21.8 Å².